The van der Waals surface area contributed by atoms with E-state index >= 15 is 0 Å². The van der Waals surface area contributed by atoms with Crippen molar-refractivity contribution in [3.05, 3.63) is 0 Å². The molecule has 0 aromatic rings. The van der Waals surface area contributed by atoms with Crippen molar-refractivity contribution in [2.45, 2.75) is 44.4 Å². The van der Waals surface area contributed by atoms with Gasteiger partial charge in [0.2, 0.25) is 0 Å². The number of aliphatic hydroxyl groups excluding tert-OH is 3. The lowest BCUT2D eigenvalue weighted by molar-refractivity contribution is -0.340. The van der Waals surface area contributed by atoms with Gasteiger partial charge in [-0.1, -0.05) is 13.8 Å². The molecule has 5 nitrogen and oxygen atoms in total. The summed E-state index contributed by atoms with van der Waals surface area (Å²) in [5, 5.41) is 38.1. The Labute approximate surface area is 82.9 Å². The van der Waals surface area contributed by atoms with E-state index in [9.17, 15) is 20.4 Å². The minimum atomic E-state index is -1.76. The van der Waals surface area contributed by atoms with E-state index in [4.69, 9.17) is 4.74 Å². The Hall–Kier alpha value is -0.200. The standard InChI is InChI=1S/C9H18O5/c1-3-5(2)9(13)8(12)7(11)6(10)4-14-9/h5-8,10-13H,3-4H2,1-2H3/t5?,6-,7+,8-,9-/m1/s1. The molecule has 0 amide bonds. The summed E-state index contributed by atoms with van der Waals surface area (Å²) >= 11 is 0. The summed E-state index contributed by atoms with van der Waals surface area (Å²) in [6, 6.07) is 0. The first-order valence-electron chi connectivity index (χ1n) is 4.84. The molecule has 0 saturated carbocycles. The van der Waals surface area contributed by atoms with Gasteiger partial charge in [-0.25, -0.2) is 0 Å². The Bertz CT molecular complexity index is 198. The SMILES string of the molecule is CCC(C)[C@@]1(O)OC[C@@H](O)[C@H](O)[C@H]1O. The summed E-state index contributed by atoms with van der Waals surface area (Å²) in [5.74, 6) is -2.06. The molecule has 1 rings (SSSR count). The maximum absolute atomic E-state index is 9.95. The third-order valence-electron chi connectivity index (χ3n) is 2.95. The summed E-state index contributed by atoms with van der Waals surface area (Å²) in [7, 11) is 0. The molecule has 1 aliphatic heterocycles. The van der Waals surface area contributed by atoms with Gasteiger partial charge in [-0.2, -0.15) is 0 Å². The van der Waals surface area contributed by atoms with Crippen LogP contribution in [0.2, 0.25) is 0 Å². The lowest BCUT2D eigenvalue weighted by Gasteiger charge is -2.44. The van der Waals surface area contributed by atoms with Gasteiger partial charge >= 0.3 is 0 Å². The summed E-state index contributed by atoms with van der Waals surface area (Å²) in [6.45, 7) is 3.39. The van der Waals surface area contributed by atoms with E-state index in [0.29, 0.717) is 6.42 Å². The molecule has 0 aromatic heterocycles. The van der Waals surface area contributed by atoms with Crippen LogP contribution in [-0.2, 0) is 4.74 Å². The van der Waals surface area contributed by atoms with Crippen LogP contribution in [0.25, 0.3) is 0 Å². The Morgan fingerprint density at radius 3 is 2.50 bits per heavy atom. The largest absolute Gasteiger partial charge is 0.388 e. The highest BCUT2D eigenvalue weighted by atomic mass is 16.6. The predicted octanol–water partition coefficient (Wildman–Crippen LogP) is -1.17. The average molecular weight is 206 g/mol. The van der Waals surface area contributed by atoms with Crippen LogP contribution in [0.4, 0.5) is 0 Å². The van der Waals surface area contributed by atoms with Crippen molar-refractivity contribution in [2.24, 2.45) is 5.92 Å². The number of hydrogen-bond acceptors (Lipinski definition) is 5. The van der Waals surface area contributed by atoms with Crippen LogP contribution < -0.4 is 0 Å². The summed E-state index contributed by atoms with van der Waals surface area (Å²) in [5.41, 5.74) is 0. The molecule has 1 heterocycles. The van der Waals surface area contributed by atoms with Crippen molar-refractivity contribution in [1.82, 2.24) is 0 Å². The van der Waals surface area contributed by atoms with E-state index in [-0.39, 0.29) is 12.5 Å². The van der Waals surface area contributed by atoms with Crippen LogP contribution in [0.15, 0.2) is 0 Å². The van der Waals surface area contributed by atoms with Crippen molar-refractivity contribution in [3.8, 4) is 0 Å². The topological polar surface area (TPSA) is 90.2 Å². The van der Waals surface area contributed by atoms with Gasteiger partial charge in [-0.3, -0.25) is 0 Å². The number of hydrogen-bond donors (Lipinski definition) is 4. The van der Waals surface area contributed by atoms with Crippen molar-refractivity contribution >= 4 is 0 Å². The molecular formula is C9H18O5. The van der Waals surface area contributed by atoms with Gasteiger partial charge in [0.25, 0.3) is 0 Å². The fraction of sp³-hybridized carbons (Fsp3) is 1.00. The Morgan fingerprint density at radius 2 is 2.00 bits per heavy atom. The van der Waals surface area contributed by atoms with E-state index in [1.54, 1.807) is 6.92 Å². The quantitative estimate of drug-likeness (QED) is 0.457. The third-order valence-corrected chi connectivity index (χ3v) is 2.95. The van der Waals surface area contributed by atoms with Crippen LogP contribution in [-0.4, -0.2) is 51.1 Å². The Balaban J connectivity index is 2.79. The lowest BCUT2D eigenvalue weighted by Crippen LogP contribution is -2.63. The first-order chi connectivity index (χ1) is 6.43. The average Bonchev–Trinajstić information content (AvgIpc) is 2.19. The molecule has 0 aliphatic carbocycles. The van der Waals surface area contributed by atoms with Crippen molar-refractivity contribution in [3.63, 3.8) is 0 Å². The zero-order chi connectivity index (χ0) is 10.9. The highest BCUT2D eigenvalue weighted by molar-refractivity contribution is 4.93. The summed E-state index contributed by atoms with van der Waals surface area (Å²) in [4.78, 5) is 0. The molecule has 0 aromatic carbocycles. The van der Waals surface area contributed by atoms with E-state index in [0.717, 1.165) is 0 Å². The second-order valence-electron chi connectivity index (χ2n) is 3.87. The summed E-state index contributed by atoms with van der Waals surface area (Å²) in [6.07, 6.45) is -3.37. The molecule has 84 valence electrons. The summed E-state index contributed by atoms with van der Waals surface area (Å²) < 4.78 is 5.01. The highest BCUT2D eigenvalue weighted by Crippen LogP contribution is 2.32. The van der Waals surface area contributed by atoms with Crippen molar-refractivity contribution < 1.29 is 25.2 Å². The molecule has 0 radical (unpaired) electrons. The maximum Gasteiger partial charge on any atom is 0.197 e. The van der Waals surface area contributed by atoms with Crippen LogP contribution >= 0.6 is 0 Å². The Morgan fingerprint density at radius 1 is 1.43 bits per heavy atom. The van der Waals surface area contributed by atoms with Gasteiger partial charge in [0.15, 0.2) is 5.79 Å². The molecule has 14 heavy (non-hydrogen) atoms. The first-order valence-corrected chi connectivity index (χ1v) is 4.84. The van der Waals surface area contributed by atoms with Gasteiger partial charge in [0.05, 0.1) is 6.61 Å². The first kappa shape index (κ1) is 11.9. The molecular weight excluding hydrogens is 188 g/mol. The molecule has 1 fully saturated rings. The normalized spacial score (nSPS) is 46.3. The van der Waals surface area contributed by atoms with Crippen LogP contribution in [0.1, 0.15) is 20.3 Å². The molecule has 4 N–H and O–H groups in total. The third kappa shape index (κ3) is 1.78. The van der Waals surface area contributed by atoms with E-state index < -0.39 is 24.1 Å². The number of aliphatic hydroxyl groups is 4. The van der Waals surface area contributed by atoms with Crippen molar-refractivity contribution in [1.29, 1.82) is 0 Å². The molecule has 1 aliphatic rings. The van der Waals surface area contributed by atoms with Crippen molar-refractivity contribution in [2.75, 3.05) is 6.61 Å². The second kappa shape index (κ2) is 4.12. The molecule has 1 saturated heterocycles. The van der Waals surface area contributed by atoms with Gasteiger partial charge in [-0.15, -0.1) is 0 Å². The zero-order valence-corrected chi connectivity index (χ0v) is 8.42. The smallest absolute Gasteiger partial charge is 0.197 e. The molecule has 5 atom stereocenters. The molecule has 1 unspecified atom stereocenters. The predicted molar refractivity (Wildman–Crippen MR) is 48.4 cm³/mol. The lowest BCUT2D eigenvalue weighted by atomic mass is 9.86. The van der Waals surface area contributed by atoms with Gasteiger partial charge in [0, 0.05) is 5.92 Å². The van der Waals surface area contributed by atoms with E-state index in [2.05, 4.69) is 0 Å². The minimum absolute atomic E-state index is 0.168. The highest BCUT2D eigenvalue weighted by Gasteiger charge is 2.50. The number of ether oxygens (including phenoxy) is 1. The molecule has 0 spiro atoms. The fourth-order valence-corrected chi connectivity index (χ4v) is 1.58. The minimum Gasteiger partial charge on any atom is -0.388 e. The maximum atomic E-state index is 9.95. The van der Waals surface area contributed by atoms with Crippen LogP contribution in [0.3, 0.4) is 0 Å². The van der Waals surface area contributed by atoms with Crippen LogP contribution in [0.5, 0.6) is 0 Å². The van der Waals surface area contributed by atoms with E-state index in [1.165, 1.54) is 0 Å². The van der Waals surface area contributed by atoms with Crippen LogP contribution in [0, 0.1) is 5.92 Å². The second-order valence-corrected chi connectivity index (χ2v) is 3.87. The molecule has 0 bridgehead atoms. The molecule has 5 heteroatoms. The zero-order valence-electron chi connectivity index (χ0n) is 8.42. The fourth-order valence-electron chi connectivity index (χ4n) is 1.58. The van der Waals surface area contributed by atoms with Gasteiger partial charge in [-0.05, 0) is 6.42 Å². The monoisotopic (exact) mass is 206 g/mol. The van der Waals surface area contributed by atoms with E-state index in [1.807, 2.05) is 6.92 Å². The van der Waals surface area contributed by atoms with Gasteiger partial charge in [0.1, 0.15) is 18.3 Å². The number of rotatable bonds is 2. The Kier molecular flexibility index (Phi) is 3.49. The van der Waals surface area contributed by atoms with Gasteiger partial charge < -0.3 is 25.2 Å².